The standard InChI is InChI=1S/C24H31NO6/c1-27-20-11-17(12-21(14-20)28-2)7-9-24(26)25-15-18-6-8-22(23(13-18)29-3)31-16-19-5-4-10-30-19/h6,8,11-14,19H,4-5,7,9-10,15-16H2,1-3H3,(H,25,26). The summed E-state index contributed by atoms with van der Waals surface area (Å²) in [5.74, 6) is 2.72. The zero-order valence-electron chi connectivity index (χ0n) is 18.4. The quantitative estimate of drug-likeness (QED) is 0.589. The average Bonchev–Trinajstić information content (AvgIpc) is 3.33. The number of carbonyl (C=O) groups excluding carboxylic acids is 1. The number of carbonyl (C=O) groups is 1. The predicted octanol–water partition coefficient (Wildman–Crippen LogP) is 3.52. The van der Waals surface area contributed by atoms with Crippen LogP contribution in [0, 0.1) is 0 Å². The van der Waals surface area contributed by atoms with Gasteiger partial charge in [-0.25, -0.2) is 0 Å². The summed E-state index contributed by atoms with van der Waals surface area (Å²) >= 11 is 0. The van der Waals surface area contributed by atoms with Crippen molar-refractivity contribution in [3.05, 3.63) is 47.5 Å². The highest BCUT2D eigenvalue weighted by atomic mass is 16.5. The maximum atomic E-state index is 12.3. The summed E-state index contributed by atoms with van der Waals surface area (Å²) < 4.78 is 27.5. The van der Waals surface area contributed by atoms with Crippen molar-refractivity contribution >= 4 is 5.91 Å². The maximum absolute atomic E-state index is 12.3. The van der Waals surface area contributed by atoms with Crippen LogP contribution in [0.25, 0.3) is 0 Å². The maximum Gasteiger partial charge on any atom is 0.220 e. The molecule has 1 fully saturated rings. The van der Waals surface area contributed by atoms with Crippen LogP contribution < -0.4 is 24.3 Å². The van der Waals surface area contributed by atoms with Crippen molar-refractivity contribution in [1.29, 1.82) is 0 Å². The molecule has 1 aliphatic heterocycles. The smallest absolute Gasteiger partial charge is 0.220 e. The van der Waals surface area contributed by atoms with Crippen molar-refractivity contribution in [3.8, 4) is 23.0 Å². The van der Waals surface area contributed by atoms with Crippen LogP contribution in [-0.4, -0.2) is 46.6 Å². The van der Waals surface area contributed by atoms with Gasteiger partial charge >= 0.3 is 0 Å². The minimum absolute atomic E-state index is 0.0283. The van der Waals surface area contributed by atoms with Crippen LogP contribution in [0.5, 0.6) is 23.0 Å². The van der Waals surface area contributed by atoms with Gasteiger partial charge < -0.3 is 29.0 Å². The second kappa shape index (κ2) is 11.5. The van der Waals surface area contributed by atoms with Gasteiger partial charge in [-0.2, -0.15) is 0 Å². The third-order valence-electron chi connectivity index (χ3n) is 5.22. The summed E-state index contributed by atoms with van der Waals surface area (Å²) in [6.45, 7) is 1.74. The molecule has 0 bridgehead atoms. The normalized spacial score (nSPS) is 15.4. The first-order chi connectivity index (χ1) is 15.1. The van der Waals surface area contributed by atoms with E-state index in [0.29, 0.717) is 49.0 Å². The van der Waals surface area contributed by atoms with Gasteiger partial charge in [0.15, 0.2) is 11.5 Å². The molecule has 0 saturated carbocycles. The van der Waals surface area contributed by atoms with E-state index in [-0.39, 0.29) is 12.0 Å². The number of ether oxygens (including phenoxy) is 5. The van der Waals surface area contributed by atoms with Crippen molar-refractivity contribution in [3.63, 3.8) is 0 Å². The summed E-state index contributed by atoms with van der Waals surface area (Å²) in [5.41, 5.74) is 1.93. The van der Waals surface area contributed by atoms with Crippen LogP contribution in [0.1, 0.15) is 30.4 Å². The van der Waals surface area contributed by atoms with Crippen LogP contribution in [0.2, 0.25) is 0 Å². The Morgan fingerprint density at radius 2 is 1.77 bits per heavy atom. The zero-order valence-corrected chi connectivity index (χ0v) is 18.4. The molecule has 7 nitrogen and oxygen atoms in total. The van der Waals surface area contributed by atoms with E-state index in [1.165, 1.54) is 0 Å². The molecule has 1 unspecified atom stereocenters. The molecule has 0 spiro atoms. The van der Waals surface area contributed by atoms with E-state index in [4.69, 9.17) is 23.7 Å². The molecule has 0 radical (unpaired) electrons. The topological polar surface area (TPSA) is 75.3 Å². The highest BCUT2D eigenvalue weighted by Crippen LogP contribution is 2.29. The van der Waals surface area contributed by atoms with Gasteiger partial charge in [-0.15, -0.1) is 0 Å². The number of rotatable bonds is 11. The van der Waals surface area contributed by atoms with Gasteiger partial charge in [-0.3, -0.25) is 4.79 Å². The molecule has 1 saturated heterocycles. The lowest BCUT2D eigenvalue weighted by Gasteiger charge is -2.15. The molecule has 31 heavy (non-hydrogen) atoms. The van der Waals surface area contributed by atoms with Crippen molar-refractivity contribution in [2.75, 3.05) is 34.5 Å². The lowest BCUT2D eigenvalue weighted by atomic mass is 10.1. The van der Waals surface area contributed by atoms with Crippen LogP contribution in [0.3, 0.4) is 0 Å². The van der Waals surface area contributed by atoms with Crippen molar-refractivity contribution in [1.82, 2.24) is 5.32 Å². The molecule has 1 atom stereocenters. The Hall–Kier alpha value is -2.93. The Morgan fingerprint density at radius 1 is 1.00 bits per heavy atom. The number of hydrogen-bond acceptors (Lipinski definition) is 6. The molecule has 3 rings (SSSR count). The van der Waals surface area contributed by atoms with Gasteiger partial charge in [-0.1, -0.05) is 6.07 Å². The van der Waals surface area contributed by atoms with Crippen molar-refractivity contribution in [2.24, 2.45) is 0 Å². The fourth-order valence-electron chi connectivity index (χ4n) is 3.46. The molecule has 0 aromatic heterocycles. The monoisotopic (exact) mass is 429 g/mol. The van der Waals surface area contributed by atoms with Gasteiger partial charge in [0.1, 0.15) is 18.1 Å². The molecule has 168 valence electrons. The minimum Gasteiger partial charge on any atom is -0.497 e. The molecular weight excluding hydrogens is 398 g/mol. The van der Waals surface area contributed by atoms with Gasteiger partial charge in [0.05, 0.1) is 27.4 Å². The molecule has 1 heterocycles. The number of hydrogen-bond donors (Lipinski definition) is 1. The summed E-state index contributed by atoms with van der Waals surface area (Å²) in [6, 6.07) is 11.3. The Labute approximate surface area is 183 Å². The van der Waals surface area contributed by atoms with E-state index in [0.717, 1.165) is 30.6 Å². The van der Waals surface area contributed by atoms with Crippen molar-refractivity contribution in [2.45, 2.75) is 38.3 Å². The molecule has 1 N–H and O–H groups in total. The molecule has 7 heteroatoms. The molecular formula is C24H31NO6. The molecule has 2 aromatic rings. The summed E-state index contributed by atoms with van der Waals surface area (Å²) in [4.78, 5) is 12.3. The van der Waals surface area contributed by atoms with E-state index < -0.39 is 0 Å². The van der Waals surface area contributed by atoms with Crippen molar-refractivity contribution < 1.29 is 28.5 Å². The molecule has 1 amide bonds. The lowest BCUT2D eigenvalue weighted by Crippen LogP contribution is -2.23. The van der Waals surface area contributed by atoms with Crippen LogP contribution >= 0.6 is 0 Å². The third-order valence-corrected chi connectivity index (χ3v) is 5.22. The fraction of sp³-hybridized carbons (Fsp3) is 0.458. The second-order valence-corrected chi connectivity index (χ2v) is 7.43. The lowest BCUT2D eigenvalue weighted by molar-refractivity contribution is -0.121. The Balaban J connectivity index is 1.49. The Bertz CT molecular complexity index is 841. The zero-order chi connectivity index (χ0) is 22.1. The summed E-state index contributed by atoms with van der Waals surface area (Å²) in [5, 5.41) is 2.96. The second-order valence-electron chi connectivity index (χ2n) is 7.43. The van der Waals surface area contributed by atoms with Crippen LogP contribution in [0.15, 0.2) is 36.4 Å². The first kappa shape index (κ1) is 22.7. The van der Waals surface area contributed by atoms with Crippen LogP contribution in [-0.2, 0) is 22.5 Å². The molecule has 0 aliphatic carbocycles. The average molecular weight is 430 g/mol. The van der Waals surface area contributed by atoms with Crippen LogP contribution in [0.4, 0.5) is 0 Å². The third kappa shape index (κ3) is 6.79. The number of methoxy groups -OCH3 is 3. The summed E-state index contributed by atoms with van der Waals surface area (Å²) in [7, 11) is 4.83. The van der Waals surface area contributed by atoms with E-state index >= 15 is 0 Å². The number of amides is 1. The minimum atomic E-state index is -0.0283. The van der Waals surface area contributed by atoms with Gasteiger partial charge in [0, 0.05) is 25.6 Å². The van der Waals surface area contributed by atoms with Gasteiger partial charge in [-0.05, 0) is 54.7 Å². The first-order valence-corrected chi connectivity index (χ1v) is 10.5. The fourth-order valence-corrected chi connectivity index (χ4v) is 3.46. The first-order valence-electron chi connectivity index (χ1n) is 10.5. The summed E-state index contributed by atoms with van der Waals surface area (Å²) in [6.07, 6.45) is 3.21. The molecule has 2 aromatic carbocycles. The largest absolute Gasteiger partial charge is 0.497 e. The number of aryl methyl sites for hydroxylation is 1. The highest BCUT2D eigenvalue weighted by molar-refractivity contribution is 5.76. The van der Waals surface area contributed by atoms with Gasteiger partial charge in [0.2, 0.25) is 5.91 Å². The molecule has 1 aliphatic rings. The van der Waals surface area contributed by atoms with E-state index in [1.54, 1.807) is 21.3 Å². The van der Waals surface area contributed by atoms with Gasteiger partial charge in [0.25, 0.3) is 0 Å². The van der Waals surface area contributed by atoms with E-state index in [1.807, 2.05) is 36.4 Å². The van der Waals surface area contributed by atoms with E-state index in [2.05, 4.69) is 5.32 Å². The SMILES string of the molecule is COc1cc(CCC(=O)NCc2ccc(OCC3CCCO3)c(OC)c2)cc(OC)c1. The number of nitrogens with one attached hydrogen (secondary N) is 1. The highest BCUT2D eigenvalue weighted by Gasteiger charge is 2.17. The Morgan fingerprint density at radius 3 is 2.42 bits per heavy atom. The number of benzene rings is 2. The van der Waals surface area contributed by atoms with E-state index in [9.17, 15) is 4.79 Å². The predicted molar refractivity (Wildman–Crippen MR) is 117 cm³/mol. The Kier molecular flexibility index (Phi) is 8.41.